The van der Waals surface area contributed by atoms with E-state index in [1.54, 1.807) is 11.8 Å². The smallest absolute Gasteiger partial charge is 0.315 e. The van der Waals surface area contributed by atoms with E-state index < -0.39 is 5.60 Å². The average Bonchev–Trinajstić information content (AvgIpc) is 2.85. The molecule has 0 saturated carbocycles. The molecule has 1 saturated heterocycles. The predicted octanol–water partition coefficient (Wildman–Crippen LogP) is 2.22. The Morgan fingerprint density at radius 3 is 2.75 bits per heavy atom. The maximum Gasteiger partial charge on any atom is 0.315 e. The minimum Gasteiger partial charge on any atom is -0.387 e. The van der Waals surface area contributed by atoms with E-state index >= 15 is 0 Å². The third-order valence-electron chi connectivity index (χ3n) is 3.59. The van der Waals surface area contributed by atoms with E-state index in [1.807, 2.05) is 38.1 Å². The van der Waals surface area contributed by atoms with Crippen LogP contribution in [-0.4, -0.2) is 34.8 Å². The first-order valence-corrected chi connectivity index (χ1v) is 8.05. The Morgan fingerprint density at radius 2 is 2.15 bits per heavy atom. The lowest BCUT2D eigenvalue weighted by atomic mass is 10.0. The molecule has 110 valence electrons. The second kappa shape index (κ2) is 6.50. The Kier molecular flexibility index (Phi) is 4.94. The van der Waals surface area contributed by atoms with Crippen molar-refractivity contribution in [3.05, 3.63) is 35.4 Å². The molecule has 2 atom stereocenters. The summed E-state index contributed by atoms with van der Waals surface area (Å²) in [5.41, 5.74) is 1.53. The van der Waals surface area contributed by atoms with Gasteiger partial charge in [0.1, 0.15) is 0 Å². The van der Waals surface area contributed by atoms with E-state index in [0.29, 0.717) is 12.3 Å². The molecule has 20 heavy (non-hydrogen) atoms. The number of hydrogen-bond acceptors (Lipinski definition) is 3. The van der Waals surface area contributed by atoms with Crippen molar-refractivity contribution in [3.8, 4) is 0 Å². The Labute approximate surface area is 124 Å². The third kappa shape index (κ3) is 4.15. The van der Waals surface area contributed by atoms with Gasteiger partial charge in [-0.25, -0.2) is 4.79 Å². The topological polar surface area (TPSA) is 61.4 Å². The fourth-order valence-electron chi connectivity index (χ4n) is 2.17. The maximum atomic E-state index is 11.9. The lowest BCUT2D eigenvalue weighted by Gasteiger charge is -2.22. The molecule has 0 aromatic heterocycles. The molecule has 1 aliphatic heterocycles. The largest absolute Gasteiger partial charge is 0.387 e. The SMILES string of the molecule is Cc1ccc(C(C)NC(=O)NCC2(O)CCSC2)cc1. The van der Waals surface area contributed by atoms with Gasteiger partial charge in [0.15, 0.2) is 0 Å². The number of carbonyl (C=O) groups excluding carboxylic acids is 1. The number of aryl methyl sites for hydroxylation is 1. The Morgan fingerprint density at radius 1 is 1.45 bits per heavy atom. The second-order valence-corrected chi connectivity index (χ2v) is 6.59. The van der Waals surface area contributed by atoms with Crippen LogP contribution in [0.2, 0.25) is 0 Å². The highest BCUT2D eigenvalue weighted by Gasteiger charge is 2.32. The van der Waals surface area contributed by atoms with Crippen LogP contribution in [0.3, 0.4) is 0 Å². The van der Waals surface area contributed by atoms with E-state index in [-0.39, 0.29) is 12.1 Å². The molecule has 1 fully saturated rings. The van der Waals surface area contributed by atoms with Crippen LogP contribution in [-0.2, 0) is 0 Å². The van der Waals surface area contributed by atoms with Gasteiger partial charge in [-0.1, -0.05) is 29.8 Å². The maximum absolute atomic E-state index is 11.9. The van der Waals surface area contributed by atoms with Gasteiger partial charge in [0.25, 0.3) is 0 Å². The summed E-state index contributed by atoms with van der Waals surface area (Å²) < 4.78 is 0. The lowest BCUT2D eigenvalue weighted by molar-refractivity contribution is 0.0699. The summed E-state index contributed by atoms with van der Waals surface area (Å²) in [7, 11) is 0. The van der Waals surface area contributed by atoms with Gasteiger partial charge >= 0.3 is 6.03 Å². The molecule has 4 nitrogen and oxygen atoms in total. The first kappa shape index (κ1) is 15.2. The van der Waals surface area contributed by atoms with Crippen LogP contribution in [0.25, 0.3) is 0 Å². The quantitative estimate of drug-likeness (QED) is 0.798. The number of carbonyl (C=O) groups is 1. The number of amides is 2. The lowest BCUT2D eigenvalue weighted by Crippen LogP contribution is -2.46. The molecule has 1 heterocycles. The molecule has 3 N–H and O–H groups in total. The molecule has 1 aromatic rings. The molecular weight excluding hydrogens is 272 g/mol. The van der Waals surface area contributed by atoms with Crippen LogP contribution in [0, 0.1) is 6.92 Å². The zero-order chi connectivity index (χ0) is 14.6. The number of aliphatic hydroxyl groups is 1. The number of nitrogens with one attached hydrogen (secondary N) is 2. The molecule has 1 aromatic carbocycles. The highest BCUT2D eigenvalue weighted by molar-refractivity contribution is 7.99. The Bertz CT molecular complexity index is 455. The first-order chi connectivity index (χ1) is 9.48. The van der Waals surface area contributed by atoms with Gasteiger partial charge < -0.3 is 15.7 Å². The molecule has 0 bridgehead atoms. The summed E-state index contributed by atoms with van der Waals surface area (Å²) >= 11 is 1.72. The van der Waals surface area contributed by atoms with E-state index in [9.17, 15) is 9.90 Å². The van der Waals surface area contributed by atoms with Crippen molar-refractivity contribution in [2.24, 2.45) is 0 Å². The van der Waals surface area contributed by atoms with Crippen LogP contribution in [0.1, 0.15) is 30.5 Å². The molecule has 5 heteroatoms. The van der Waals surface area contributed by atoms with E-state index in [1.165, 1.54) is 5.56 Å². The van der Waals surface area contributed by atoms with Crippen LogP contribution in [0.5, 0.6) is 0 Å². The highest BCUT2D eigenvalue weighted by atomic mass is 32.2. The van der Waals surface area contributed by atoms with Crippen molar-refractivity contribution in [3.63, 3.8) is 0 Å². The zero-order valence-corrected chi connectivity index (χ0v) is 12.8. The monoisotopic (exact) mass is 294 g/mol. The molecule has 2 rings (SSSR count). The number of rotatable bonds is 4. The van der Waals surface area contributed by atoms with Crippen molar-refractivity contribution in [1.29, 1.82) is 0 Å². The molecular formula is C15H22N2O2S. The summed E-state index contributed by atoms with van der Waals surface area (Å²) in [6, 6.07) is 7.81. The van der Waals surface area contributed by atoms with E-state index in [2.05, 4.69) is 10.6 Å². The fourth-order valence-corrected chi connectivity index (χ4v) is 3.46. The van der Waals surface area contributed by atoms with Crippen LogP contribution >= 0.6 is 11.8 Å². The van der Waals surface area contributed by atoms with Crippen molar-refractivity contribution >= 4 is 17.8 Å². The number of urea groups is 1. The van der Waals surface area contributed by atoms with Gasteiger partial charge in [0.2, 0.25) is 0 Å². The van der Waals surface area contributed by atoms with Gasteiger partial charge in [-0.05, 0) is 31.6 Å². The normalized spacial score (nSPS) is 23.4. The molecule has 0 radical (unpaired) electrons. The molecule has 1 aliphatic rings. The summed E-state index contributed by atoms with van der Waals surface area (Å²) in [5, 5.41) is 15.8. The standard InChI is InChI=1S/C15H22N2O2S/c1-11-3-5-13(6-4-11)12(2)17-14(18)16-9-15(19)7-8-20-10-15/h3-6,12,19H,7-10H2,1-2H3,(H2,16,17,18). The summed E-state index contributed by atoms with van der Waals surface area (Å²) in [4.78, 5) is 11.9. The zero-order valence-electron chi connectivity index (χ0n) is 12.0. The summed E-state index contributed by atoms with van der Waals surface area (Å²) in [6.45, 7) is 4.30. The molecule has 2 amide bonds. The van der Waals surface area contributed by atoms with Gasteiger partial charge in [0.05, 0.1) is 11.6 Å². The van der Waals surface area contributed by atoms with E-state index in [4.69, 9.17) is 0 Å². The van der Waals surface area contributed by atoms with Crippen molar-refractivity contribution < 1.29 is 9.90 Å². The summed E-state index contributed by atoms with van der Waals surface area (Å²) in [5.74, 6) is 1.65. The summed E-state index contributed by atoms with van der Waals surface area (Å²) in [6.07, 6.45) is 0.742. The van der Waals surface area contributed by atoms with E-state index in [0.717, 1.165) is 17.7 Å². The minimum absolute atomic E-state index is 0.0526. The fraction of sp³-hybridized carbons (Fsp3) is 0.533. The average molecular weight is 294 g/mol. The molecule has 0 spiro atoms. The number of hydrogen-bond donors (Lipinski definition) is 3. The second-order valence-electron chi connectivity index (χ2n) is 5.49. The first-order valence-electron chi connectivity index (χ1n) is 6.90. The Hall–Kier alpha value is -1.20. The van der Waals surface area contributed by atoms with Gasteiger partial charge in [-0.3, -0.25) is 0 Å². The third-order valence-corrected chi connectivity index (χ3v) is 4.82. The van der Waals surface area contributed by atoms with Gasteiger partial charge in [-0.15, -0.1) is 0 Å². The van der Waals surface area contributed by atoms with Crippen molar-refractivity contribution in [2.75, 3.05) is 18.1 Å². The number of benzene rings is 1. The van der Waals surface area contributed by atoms with Gasteiger partial charge in [0, 0.05) is 12.3 Å². The van der Waals surface area contributed by atoms with Crippen molar-refractivity contribution in [2.45, 2.75) is 31.9 Å². The number of thioether (sulfide) groups is 1. The molecule has 2 unspecified atom stereocenters. The van der Waals surface area contributed by atoms with Crippen LogP contribution in [0.4, 0.5) is 4.79 Å². The van der Waals surface area contributed by atoms with Gasteiger partial charge in [-0.2, -0.15) is 11.8 Å². The minimum atomic E-state index is -0.741. The molecule has 0 aliphatic carbocycles. The highest BCUT2D eigenvalue weighted by Crippen LogP contribution is 2.26. The van der Waals surface area contributed by atoms with Crippen molar-refractivity contribution in [1.82, 2.24) is 10.6 Å². The Balaban J connectivity index is 1.80. The van der Waals surface area contributed by atoms with Crippen LogP contribution < -0.4 is 10.6 Å². The van der Waals surface area contributed by atoms with Crippen LogP contribution in [0.15, 0.2) is 24.3 Å². The predicted molar refractivity (Wildman–Crippen MR) is 83.0 cm³/mol.